The van der Waals surface area contributed by atoms with Crippen LogP contribution in [0.1, 0.15) is 25.7 Å². The van der Waals surface area contributed by atoms with Gasteiger partial charge in [0.1, 0.15) is 0 Å². The van der Waals surface area contributed by atoms with E-state index in [2.05, 4.69) is 0 Å². The minimum atomic E-state index is -8.08. The van der Waals surface area contributed by atoms with Crippen LogP contribution in [0.15, 0.2) is 0 Å². The number of nitrogens with one attached hydrogen (secondary N) is 1. The molecule has 0 aromatic heterocycles. The zero-order chi connectivity index (χ0) is 29.0. The van der Waals surface area contributed by atoms with Crippen molar-refractivity contribution in [2.24, 2.45) is 0 Å². The number of carbonyl (C=O) groups is 2. The maximum absolute atomic E-state index is 14.6. The second-order valence-electron chi connectivity index (χ2n) is 7.28. The molecule has 1 N–H and O–H groups in total. The number of rotatable bonds is 9. The largest absolute Gasteiger partial charge is 1.00 e. The SMILES string of the molecule is O=C([O-])CCCCCNC(=O)C(F)(C(F)(F)F)C(F)(F)N1C(F)(F)C(F)(F)C(F)(F)C(F)(F)C1(F)F.[Na+]. The van der Waals surface area contributed by atoms with Crippen molar-refractivity contribution in [3.8, 4) is 0 Å². The number of carboxylic acids is 1. The Morgan fingerprint density at radius 1 is 0.703 bits per heavy atom. The Hall–Kier alpha value is -1.22. The van der Waals surface area contributed by atoms with Gasteiger partial charge in [-0.15, -0.1) is 4.90 Å². The van der Waals surface area contributed by atoms with E-state index in [0.29, 0.717) is 5.32 Å². The van der Waals surface area contributed by atoms with Crippen LogP contribution >= 0.6 is 0 Å². The number of likely N-dealkylation sites (tertiary alicyclic amines) is 1. The third kappa shape index (κ3) is 5.08. The van der Waals surface area contributed by atoms with Gasteiger partial charge in [-0.3, -0.25) is 4.79 Å². The van der Waals surface area contributed by atoms with E-state index in [0.717, 1.165) is 0 Å². The van der Waals surface area contributed by atoms with Gasteiger partial charge in [0.2, 0.25) is 0 Å². The fraction of sp³-hybridized carbons (Fsp3) is 0.867. The molecule has 5 nitrogen and oxygen atoms in total. The summed E-state index contributed by atoms with van der Waals surface area (Å²) in [6.07, 6.45) is -9.58. The second-order valence-corrected chi connectivity index (χ2v) is 7.28. The van der Waals surface area contributed by atoms with Gasteiger partial charge < -0.3 is 15.2 Å². The molecule has 22 heteroatoms. The Morgan fingerprint density at radius 3 is 1.46 bits per heavy atom. The van der Waals surface area contributed by atoms with E-state index in [1.54, 1.807) is 0 Å². The van der Waals surface area contributed by atoms with Crippen molar-refractivity contribution in [1.82, 2.24) is 10.2 Å². The molecule has 1 saturated heterocycles. The average Bonchev–Trinajstić information content (AvgIpc) is 2.66. The van der Waals surface area contributed by atoms with Crippen molar-refractivity contribution < 1.29 is 114 Å². The van der Waals surface area contributed by atoms with Crippen LogP contribution in [-0.4, -0.2) is 71.1 Å². The summed E-state index contributed by atoms with van der Waals surface area (Å²) in [5, 5.41) is 10.8. The van der Waals surface area contributed by atoms with Crippen LogP contribution in [0.3, 0.4) is 0 Å². The number of unbranched alkanes of at least 4 members (excludes halogenated alkanes) is 2. The normalized spacial score (nSPS) is 23.9. The fourth-order valence-corrected chi connectivity index (χ4v) is 2.87. The van der Waals surface area contributed by atoms with E-state index in [4.69, 9.17) is 0 Å². The number of piperidine rings is 1. The first-order valence-corrected chi connectivity index (χ1v) is 9.01. The molecule has 1 aliphatic rings. The van der Waals surface area contributed by atoms with Crippen LogP contribution in [0.4, 0.5) is 70.2 Å². The van der Waals surface area contributed by atoms with Crippen LogP contribution in [0.25, 0.3) is 0 Å². The first kappa shape index (κ1) is 35.8. The molecule has 1 aliphatic heterocycles. The first-order chi connectivity index (χ1) is 15.7. The Kier molecular flexibility index (Phi) is 10.1. The van der Waals surface area contributed by atoms with Crippen LogP contribution < -0.4 is 40.0 Å². The molecule has 0 bridgehead atoms. The van der Waals surface area contributed by atoms with Gasteiger partial charge in [0.05, 0.1) is 0 Å². The zero-order valence-electron chi connectivity index (χ0n) is 17.8. The molecule has 1 amide bonds. The van der Waals surface area contributed by atoms with Crippen molar-refractivity contribution in [3.05, 3.63) is 0 Å². The summed E-state index contributed by atoms with van der Waals surface area (Å²) in [4.78, 5) is 17.4. The molecule has 1 unspecified atom stereocenters. The maximum atomic E-state index is 14.6. The molecule has 1 rings (SSSR count). The summed E-state index contributed by atoms with van der Waals surface area (Å²) >= 11 is 0. The van der Waals surface area contributed by atoms with Gasteiger partial charge in [-0.05, 0) is 19.3 Å². The molecule has 0 aliphatic carbocycles. The monoisotopic (exact) mass is 594 g/mol. The van der Waals surface area contributed by atoms with Crippen LogP contribution in [0.5, 0.6) is 0 Å². The summed E-state index contributed by atoms with van der Waals surface area (Å²) in [7, 11) is 0. The Labute approximate surface area is 216 Å². The summed E-state index contributed by atoms with van der Waals surface area (Å²) in [6, 6.07) is -24.1. The Morgan fingerprint density at radius 2 is 1.11 bits per heavy atom. The molecule has 1 heterocycles. The molecule has 1 fully saturated rings. The van der Waals surface area contributed by atoms with E-state index in [1.807, 2.05) is 0 Å². The van der Waals surface area contributed by atoms with Gasteiger partial charge in [0.15, 0.2) is 0 Å². The number of carboxylic acid groups (broad SMARTS) is 1. The van der Waals surface area contributed by atoms with Crippen LogP contribution in [0.2, 0.25) is 0 Å². The number of hydrogen-bond acceptors (Lipinski definition) is 4. The predicted octanol–water partition coefficient (Wildman–Crippen LogP) is 0.687. The van der Waals surface area contributed by atoms with Crippen molar-refractivity contribution in [2.75, 3.05) is 6.54 Å². The predicted molar refractivity (Wildman–Crippen MR) is 77.9 cm³/mol. The fourth-order valence-electron chi connectivity index (χ4n) is 2.87. The summed E-state index contributed by atoms with van der Waals surface area (Å²) in [6.45, 7) is -1.32. The van der Waals surface area contributed by atoms with Crippen molar-refractivity contribution in [2.45, 2.75) is 73.4 Å². The summed E-state index contributed by atoms with van der Waals surface area (Å²) in [5.41, 5.74) is -7.42. The van der Waals surface area contributed by atoms with E-state index < -0.39 is 83.9 Å². The number of halogens is 16. The van der Waals surface area contributed by atoms with Gasteiger partial charge in [0, 0.05) is 12.5 Å². The number of nitrogens with zero attached hydrogens (tertiary/aromatic N) is 1. The number of carbonyl (C=O) groups excluding carboxylic acids is 2. The van der Waals surface area contributed by atoms with Gasteiger partial charge in [-0.1, -0.05) is 6.42 Å². The van der Waals surface area contributed by atoms with Gasteiger partial charge >= 0.3 is 77.3 Å². The Bertz CT molecular complexity index is 835. The third-order valence-electron chi connectivity index (χ3n) is 4.85. The molecule has 0 aromatic carbocycles. The number of hydrogen-bond donors (Lipinski definition) is 1. The number of aliphatic carboxylic acids is 1. The van der Waals surface area contributed by atoms with Gasteiger partial charge in [0.25, 0.3) is 5.91 Å². The average molecular weight is 594 g/mol. The quantitative estimate of drug-likeness (QED) is 0.185. The molecular formula is C15H11F16N2NaO3. The topological polar surface area (TPSA) is 72.5 Å². The molecule has 0 spiro atoms. The molecular weight excluding hydrogens is 583 g/mol. The third-order valence-corrected chi connectivity index (χ3v) is 4.85. The molecule has 1 atom stereocenters. The molecule has 0 saturated carbocycles. The minimum absolute atomic E-state index is 0. The van der Waals surface area contributed by atoms with Crippen LogP contribution in [-0.2, 0) is 9.59 Å². The molecule has 0 radical (unpaired) electrons. The van der Waals surface area contributed by atoms with E-state index in [-0.39, 0.29) is 42.4 Å². The number of alkyl halides is 16. The van der Waals surface area contributed by atoms with E-state index in [1.165, 1.54) is 0 Å². The second kappa shape index (κ2) is 10.4. The minimum Gasteiger partial charge on any atom is -0.550 e. The summed E-state index contributed by atoms with van der Waals surface area (Å²) in [5.74, 6) is -29.3. The van der Waals surface area contributed by atoms with Crippen molar-refractivity contribution >= 4 is 11.9 Å². The number of amides is 1. The van der Waals surface area contributed by atoms with E-state index >= 15 is 0 Å². The zero-order valence-corrected chi connectivity index (χ0v) is 19.8. The molecule has 37 heavy (non-hydrogen) atoms. The molecule has 212 valence electrons. The molecule has 0 aromatic rings. The van der Waals surface area contributed by atoms with Gasteiger partial charge in [-0.2, -0.15) is 65.9 Å². The smallest absolute Gasteiger partial charge is 0.550 e. The Balaban J connectivity index is 0.0000130. The van der Waals surface area contributed by atoms with Crippen molar-refractivity contribution in [1.29, 1.82) is 0 Å². The maximum Gasteiger partial charge on any atom is 1.00 e. The van der Waals surface area contributed by atoms with E-state index in [9.17, 15) is 84.9 Å². The summed E-state index contributed by atoms with van der Waals surface area (Å²) < 4.78 is 218. The van der Waals surface area contributed by atoms with Crippen LogP contribution in [0, 0.1) is 0 Å². The van der Waals surface area contributed by atoms with Crippen molar-refractivity contribution in [3.63, 3.8) is 0 Å². The first-order valence-electron chi connectivity index (χ1n) is 9.01. The standard InChI is InChI=1S/C15H12F16N2O3.Na/c16-8(12(23,24)25,7(36)32-5-3-1-2-4-6(34)35)13(26,27)33-14(28,29)10(19,20)9(17,18)11(21,22)15(33,30)31;/h1-5H2,(H,32,36)(H,34,35);/q;+1/p-1. The van der Waals surface area contributed by atoms with Gasteiger partial charge in [-0.25, -0.2) is 4.39 Å².